The molecule has 1 saturated heterocycles. The zero-order valence-corrected chi connectivity index (χ0v) is 17.6. The maximum absolute atomic E-state index is 13.3. The summed E-state index contributed by atoms with van der Waals surface area (Å²) in [6.07, 6.45) is -1.27. The third-order valence-electron chi connectivity index (χ3n) is 5.60. The van der Waals surface area contributed by atoms with Crippen molar-refractivity contribution in [2.75, 3.05) is 13.1 Å². The van der Waals surface area contributed by atoms with Crippen LogP contribution >= 0.6 is 11.6 Å². The zero-order chi connectivity index (χ0) is 22.2. The van der Waals surface area contributed by atoms with Crippen LogP contribution in [0.3, 0.4) is 0 Å². The topological polar surface area (TPSA) is 38.1 Å². The predicted molar refractivity (Wildman–Crippen MR) is 114 cm³/mol. The molecule has 2 aromatic carbocycles. The second-order valence-corrected chi connectivity index (χ2v) is 8.09. The lowest BCUT2D eigenvalue weighted by Crippen LogP contribution is -2.26. The highest BCUT2D eigenvalue weighted by Crippen LogP contribution is 2.38. The number of hydrogen-bond acceptors (Lipinski definition) is 2. The van der Waals surface area contributed by atoms with Gasteiger partial charge in [0.15, 0.2) is 0 Å². The molecule has 1 aromatic heterocycles. The predicted octanol–water partition coefficient (Wildman–Crippen LogP) is 5.63. The van der Waals surface area contributed by atoms with E-state index < -0.39 is 11.7 Å². The Morgan fingerprint density at radius 2 is 1.90 bits per heavy atom. The van der Waals surface area contributed by atoms with Crippen LogP contribution in [-0.2, 0) is 23.8 Å². The zero-order valence-electron chi connectivity index (χ0n) is 16.9. The molecule has 1 aliphatic heterocycles. The maximum atomic E-state index is 13.3. The van der Waals surface area contributed by atoms with Crippen LogP contribution in [0.15, 0.2) is 36.4 Å². The summed E-state index contributed by atoms with van der Waals surface area (Å²) in [7, 11) is 0. The highest BCUT2D eigenvalue weighted by molar-refractivity contribution is 6.32. The number of carbonyl (C=O) groups excluding carboxylic acids is 1. The summed E-state index contributed by atoms with van der Waals surface area (Å²) in [4.78, 5) is 18.2. The molecule has 0 N–H and O–H groups in total. The van der Waals surface area contributed by atoms with E-state index in [0.717, 1.165) is 30.3 Å². The molecule has 0 spiro atoms. The quantitative estimate of drug-likeness (QED) is 0.490. The number of halogens is 4. The van der Waals surface area contributed by atoms with Gasteiger partial charge in [0.05, 0.1) is 21.6 Å². The lowest BCUT2D eigenvalue weighted by molar-refractivity contribution is -0.137. The monoisotopic (exact) mass is 448 g/mol. The van der Waals surface area contributed by atoms with Gasteiger partial charge in [0.2, 0.25) is 5.91 Å². The third kappa shape index (κ3) is 4.42. The lowest BCUT2D eigenvalue weighted by Gasteiger charge is -2.15. The van der Waals surface area contributed by atoms with Crippen molar-refractivity contribution in [2.45, 2.75) is 38.3 Å². The first-order valence-electron chi connectivity index (χ1n) is 10.2. The normalized spacial score (nSPS) is 14.7. The summed E-state index contributed by atoms with van der Waals surface area (Å²) in [5.41, 5.74) is 1.72. The molecule has 4 nitrogen and oxygen atoms in total. The Morgan fingerprint density at radius 3 is 2.52 bits per heavy atom. The van der Waals surface area contributed by atoms with Crippen LogP contribution in [0.5, 0.6) is 0 Å². The van der Waals surface area contributed by atoms with Gasteiger partial charge in [-0.3, -0.25) is 9.36 Å². The molecule has 1 radical (unpaired) electrons. The minimum Gasteiger partial charge on any atom is -0.343 e. The van der Waals surface area contributed by atoms with Gasteiger partial charge in [0.25, 0.3) is 0 Å². The van der Waals surface area contributed by atoms with Gasteiger partial charge in [-0.25, -0.2) is 4.98 Å². The Labute approximate surface area is 183 Å². The summed E-state index contributed by atoms with van der Waals surface area (Å²) in [6.45, 7) is 5.23. The Morgan fingerprint density at radius 1 is 1.16 bits per heavy atom. The van der Waals surface area contributed by atoms with E-state index in [-0.39, 0.29) is 16.4 Å². The summed E-state index contributed by atoms with van der Waals surface area (Å²) >= 11 is 6.00. The van der Waals surface area contributed by atoms with E-state index in [1.807, 2.05) is 33.7 Å². The van der Waals surface area contributed by atoms with Gasteiger partial charge in [-0.05, 0) is 56.0 Å². The van der Waals surface area contributed by atoms with Crippen molar-refractivity contribution in [3.8, 4) is 5.69 Å². The number of fused-ring (bicyclic) bond motifs is 1. The van der Waals surface area contributed by atoms with Crippen LogP contribution < -0.4 is 0 Å². The highest BCUT2D eigenvalue weighted by atomic mass is 35.5. The first kappa shape index (κ1) is 21.7. The molecule has 1 aliphatic rings. The average molecular weight is 449 g/mol. The van der Waals surface area contributed by atoms with Crippen LogP contribution in [-0.4, -0.2) is 33.4 Å². The van der Waals surface area contributed by atoms with E-state index in [0.29, 0.717) is 43.6 Å². The largest absolute Gasteiger partial charge is 0.417 e. The lowest BCUT2D eigenvalue weighted by atomic mass is 10.1. The molecule has 0 bridgehead atoms. The molecule has 1 amide bonds. The molecule has 31 heavy (non-hydrogen) atoms. The maximum Gasteiger partial charge on any atom is 0.417 e. The van der Waals surface area contributed by atoms with Crippen molar-refractivity contribution < 1.29 is 18.0 Å². The fourth-order valence-electron chi connectivity index (χ4n) is 4.00. The summed E-state index contributed by atoms with van der Waals surface area (Å²) in [5.74, 6) is 0.790. The van der Waals surface area contributed by atoms with E-state index in [1.54, 1.807) is 0 Å². The summed E-state index contributed by atoms with van der Waals surface area (Å²) in [5, 5.41) is -0.357. The number of imidazole rings is 1. The number of carbonyl (C=O) groups is 1. The average Bonchev–Trinajstić information content (AvgIpc) is 3.29. The summed E-state index contributed by atoms with van der Waals surface area (Å²) in [6, 6.07) is 10.0. The molecule has 0 unspecified atom stereocenters. The highest BCUT2D eigenvalue weighted by Gasteiger charge is 2.34. The van der Waals surface area contributed by atoms with Crippen molar-refractivity contribution >= 4 is 28.5 Å². The van der Waals surface area contributed by atoms with E-state index in [2.05, 4.69) is 11.9 Å². The molecular formula is C23H22ClF3N3O. The minimum atomic E-state index is -4.55. The van der Waals surface area contributed by atoms with Crippen molar-refractivity contribution in [2.24, 2.45) is 0 Å². The van der Waals surface area contributed by atoms with Gasteiger partial charge in [-0.15, -0.1) is 0 Å². The molecule has 0 atom stereocenters. The number of aromatic nitrogens is 2. The van der Waals surface area contributed by atoms with Crippen molar-refractivity contribution in [3.63, 3.8) is 0 Å². The molecular weight excluding hydrogens is 427 g/mol. The van der Waals surface area contributed by atoms with Crippen molar-refractivity contribution in [3.05, 3.63) is 65.3 Å². The van der Waals surface area contributed by atoms with E-state index >= 15 is 0 Å². The molecule has 0 aliphatic carbocycles. The van der Waals surface area contributed by atoms with Gasteiger partial charge in [-0.1, -0.05) is 23.7 Å². The number of rotatable bonds is 6. The first-order valence-corrected chi connectivity index (χ1v) is 10.6. The number of hydrogen-bond donors (Lipinski definition) is 0. The van der Waals surface area contributed by atoms with Gasteiger partial charge in [0.1, 0.15) is 5.82 Å². The third-order valence-corrected chi connectivity index (χ3v) is 5.91. The fourth-order valence-corrected chi connectivity index (χ4v) is 4.27. The number of alkyl halides is 3. The summed E-state index contributed by atoms with van der Waals surface area (Å²) < 4.78 is 41.9. The molecule has 2 heterocycles. The molecule has 3 aromatic rings. The van der Waals surface area contributed by atoms with Gasteiger partial charge >= 0.3 is 6.18 Å². The number of benzene rings is 2. The Hall–Kier alpha value is -2.54. The number of likely N-dealkylation sites (tertiary alicyclic amines) is 1. The molecule has 1 fully saturated rings. The van der Waals surface area contributed by atoms with Crippen LogP contribution in [0.2, 0.25) is 5.02 Å². The number of aryl methyl sites for hydroxylation is 1. The number of amides is 1. The Kier molecular flexibility index (Phi) is 5.97. The molecule has 163 valence electrons. The van der Waals surface area contributed by atoms with Crippen LogP contribution in [0.25, 0.3) is 16.7 Å². The first-order chi connectivity index (χ1) is 14.8. The smallest absolute Gasteiger partial charge is 0.343 e. The van der Waals surface area contributed by atoms with Crippen LogP contribution in [0.4, 0.5) is 13.2 Å². The van der Waals surface area contributed by atoms with Gasteiger partial charge in [0, 0.05) is 31.6 Å². The molecule has 0 saturated carbocycles. The van der Waals surface area contributed by atoms with E-state index in [1.165, 1.54) is 6.07 Å². The van der Waals surface area contributed by atoms with Crippen molar-refractivity contribution in [1.82, 2.24) is 14.5 Å². The van der Waals surface area contributed by atoms with Crippen LogP contribution in [0, 0.1) is 6.92 Å². The second kappa shape index (κ2) is 8.54. The number of nitrogens with zero attached hydrogens (tertiary/aromatic N) is 3. The van der Waals surface area contributed by atoms with Gasteiger partial charge < -0.3 is 4.90 Å². The van der Waals surface area contributed by atoms with Crippen LogP contribution in [0.1, 0.15) is 36.2 Å². The van der Waals surface area contributed by atoms with E-state index in [9.17, 15) is 18.0 Å². The van der Waals surface area contributed by atoms with Gasteiger partial charge in [-0.2, -0.15) is 13.2 Å². The van der Waals surface area contributed by atoms with Crippen molar-refractivity contribution in [1.29, 1.82) is 0 Å². The molecule has 4 rings (SSSR count). The Balaban J connectivity index is 1.73. The minimum absolute atomic E-state index is 0.152. The Bertz CT molecular complexity index is 1110. The van der Waals surface area contributed by atoms with E-state index in [4.69, 9.17) is 11.6 Å². The SMILES string of the molecule is [CH2]Cc1ccc(-n2c(CCCN3CCCC3=O)nc3cc(C(F)(F)F)c(Cl)cc32)cc1. The molecule has 8 heteroatoms. The second-order valence-electron chi connectivity index (χ2n) is 7.69. The standard InChI is InChI=1S/C23H22ClF3N3O/c1-2-15-7-9-16(10-8-15)30-20-14-18(24)17(23(25,26)27)13-19(20)28-21(30)5-3-11-29-12-4-6-22(29)31/h7-10,13-14H,1-6,11-12H2. The fraction of sp³-hybridized carbons (Fsp3) is 0.348.